The Morgan fingerprint density at radius 2 is 0.579 bits per heavy atom. The van der Waals surface area contributed by atoms with Gasteiger partial charge in [0.25, 0.3) is 0 Å². The molecule has 0 aliphatic carbocycles. The fraction of sp³-hybridized carbons (Fsp3) is 1.00. The van der Waals surface area contributed by atoms with E-state index < -0.39 is 148 Å². The van der Waals surface area contributed by atoms with Gasteiger partial charge in [-0.1, -0.05) is 0 Å². The van der Waals surface area contributed by atoms with Crippen LogP contribution >= 0.6 is 0 Å². The summed E-state index contributed by atoms with van der Waals surface area (Å²) < 4.78 is 279. The van der Waals surface area contributed by atoms with Crippen molar-refractivity contribution < 1.29 is 341 Å². The minimum absolute atomic E-state index is 0. The maximum atomic E-state index is 11.6. The van der Waals surface area contributed by atoms with Gasteiger partial charge in [-0.05, 0) is 0 Å². The Morgan fingerprint density at radius 1 is 0.333 bits per heavy atom. The van der Waals surface area contributed by atoms with E-state index in [4.69, 9.17) is 14.2 Å². The normalized spacial score (nSPS) is 27.0. The molecule has 45 heteroatoms. The molecule has 2 saturated heterocycles. The Hall–Kier alpha value is 5.97. The Bertz CT molecular complexity index is 2000. The van der Waals surface area contributed by atoms with E-state index in [1.807, 2.05) is 0 Å². The largest absolute Gasteiger partial charge is 1.00 e. The summed E-state index contributed by atoms with van der Waals surface area (Å²) in [6.07, 6.45) is -26.4. The van der Waals surface area contributed by atoms with Gasteiger partial charge in [0.15, 0.2) is 12.4 Å². The molecule has 0 radical (unpaired) electrons. The van der Waals surface area contributed by atoms with E-state index in [0.717, 1.165) is 0 Å². The zero-order valence-corrected chi connectivity index (χ0v) is 49.5. The maximum Gasteiger partial charge on any atom is 1.00 e. The molecule has 2 rings (SSSR count). The molecule has 0 bridgehead atoms. The summed E-state index contributed by atoms with van der Waals surface area (Å²) >= 11 is 0. The second-order valence-electron chi connectivity index (χ2n) is 8.81. The van der Waals surface area contributed by atoms with Crippen LogP contribution in [0.3, 0.4) is 0 Å². The Morgan fingerprint density at radius 3 is 0.877 bits per heavy atom. The number of rotatable bonds is 19. The third-order valence-corrected chi connectivity index (χ3v) is 8.44. The van der Waals surface area contributed by atoms with Gasteiger partial charge in [0, 0.05) is 0 Å². The van der Waals surface area contributed by atoms with Gasteiger partial charge in [0.1, 0.15) is 42.7 Å². The molecule has 0 aromatic rings. The third kappa shape index (κ3) is 31.6. The summed E-state index contributed by atoms with van der Waals surface area (Å²) in [6, 6.07) is 0. The maximum absolute atomic E-state index is 11.6. The molecule has 0 aromatic heterocycles. The second kappa shape index (κ2) is 29.8. The van der Waals surface area contributed by atoms with E-state index in [1.54, 1.807) is 0 Å². The first-order valence-electron chi connectivity index (χ1n) is 11.4. The molecule has 298 valence electrons. The van der Waals surface area contributed by atoms with E-state index >= 15 is 0 Å². The number of hydrogen-bond acceptors (Lipinski definition) is 31. The summed E-state index contributed by atoms with van der Waals surface area (Å²) in [7, 11) is -42.4. The van der Waals surface area contributed by atoms with Crippen molar-refractivity contribution in [3.8, 4) is 0 Å². The van der Waals surface area contributed by atoms with Crippen LogP contribution in [0.4, 0.5) is 0 Å². The average Bonchev–Trinajstić information content (AvgIpc) is 3.14. The van der Waals surface area contributed by atoms with E-state index in [2.05, 4.69) is 29.3 Å². The SMILES string of the molecule is O=S(=O)([O-])OC[C@@H]1O[C@@H](O[C@H]2[C@H](OS(=O)(=O)[O-])[C@@H](COS(=O)(=O)[O-])O[C@@H]2COS(=O)(=O)[O-])[C@H](OS(=O)(=O)[O-])[C@@H](OS(=O)(=O)[O-])[C@@H]1OS(=O)(=O)[O-].[Na+].[Na+].[Na+].[Na+].[Na+].[Na+].[Na+]. The Kier molecular flexibility index (Phi) is 38.9. The number of hydrogen-bond donors (Lipinski definition) is 0. The Labute approximate surface area is 480 Å². The minimum atomic E-state index is -6.35. The van der Waals surface area contributed by atoms with Crippen molar-refractivity contribution in [1.29, 1.82) is 0 Å². The van der Waals surface area contributed by atoms with Gasteiger partial charge in [-0.15, -0.1) is 0 Å². The van der Waals surface area contributed by atoms with Crippen molar-refractivity contribution in [2.24, 2.45) is 0 Å². The quantitative estimate of drug-likeness (QED) is 0.0658. The van der Waals surface area contributed by atoms with Gasteiger partial charge < -0.3 is 46.1 Å². The molecule has 0 N–H and O–H groups in total. The molecule has 2 aliphatic rings. The van der Waals surface area contributed by atoms with E-state index in [9.17, 15) is 90.8 Å². The van der Waals surface area contributed by atoms with Crippen LogP contribution in [0.15, 0.2) is 0 Å². The van der Waals surface area contributed by atoms with Crippen molar-refractivity contribution in [1.82, 2.24) is 0 Å². The van der Waals surface area contributed by atoms with Crippen molar-refractivity contribution in [2.75, 3.05) is 19.8 Å². The molecule has 0 saturated carbocycles. The molecule has 0 spiro atoms. The monoisotopic (exact) mass is 1040 g/mol. The van der Waals surface area contributed by atoms with Gasteiger partial charge in [-0.25, -0.2) is 58.9 Å². The summed E-state index contributed by atoms with van der Waals surface area (Å²) in [6.45, 7) is -5.32. The average molecular weight is 1040 g/mol. The van der Waals surface area contributed by atoms with E-state index in [1.165, 1.54) is 0 Å². The molecular weight excluding hydrogens is 1030 g/mol. The van der Waals surface area contributed by atoms with E-state index in [-0.39, 0.29) is 207 Å². The molecule has 2 fully saturated rings. The summed E-state index contributed by atoms with van der Waals surface area (Å²) in [4.78, 5) is 0. The summed E-state index contributed by atoms with van der Waals surface area (Å²) in [5.41, 5.74) is 0. The molecule has 2 heterocycles. The molecule has 2 aliphatic heterocycles. The fourth-order valence-electron chi connectivity index (χ4n) is 3.95. The predicted octanol–water partition coefficient (Wildman–Crippen LogP) is -29.3. The standard InChI is InChI=1S/C12H22O31S7.7Na/c13-44(14,15)34-1-4-7(8(40-47(22,23)24)5(37-4)2-35-45(16,17)18)39-12-11(43-50(31,32)33)10(42-49(28,29)30)9(41-48(25,26)27)6(38-12)3-36-46(19,20)21;;;;;;;/h4-12H,1-3H2,(H,13,14,15)(H,16,17,18)(H,19,20,21)(H,22,23,24)(H,25,26,27)(H,28,29,30)(H,31,32,33);;;;;;;/q;7*+1/p-7/t4-,5-,6+,7-,8-,9-,10+,11-,12+;;;;;;;/m1......./s1. The van der Waals surface area contributed by atoms with Gasteiger partial charge in [0.2, 0.25) is 72.8 Å². The van der Waals surface area contributed by atoms with Crippen LogP contribution in [0.1, 0.15) is 0 Å². The topological polar surface area (TPSA) is 493 Å². The smallest absolute Gasteiger partial charge is 0.726 e. The van der Waals surface area contributed by atoms with Crippen LogP contribution in [0.25, 0.3) is 0 Å². The zero-order valence-electron chi connectivity index (χ0n) is 29.8. The second-order valence-corrected chi connectivity index (χ2v) is 16.0. The van der Waals surface area contributed by atoms with Crippen LogP contribution < -0.4 is 207 Å². The fourth-order valence-corrected chi connectivity index (χ4v) is 6.83. The first-order valence-corrected chi connectivity index (χ1v) is 20.8. The molecule has 31 nitrogen and oxygen atoms in total. The van der Waals surface area contributed by atoms with Crippen molar-refractivity contribution >= 4 is 72.8 Å². The van der Waals surface area contributed by atoms with Crippen LogP contribution in [0, 0.1) is 0 Å². The molecule has 9 atom stereocenters. The molecule has 0 amide bonds. The van der Waals surface area contributed by atoms with Crippen LogP contribution in [-0.2, 0) is 116 Å². The van der Waals surface area contributed by atoms with Gasteiger partial charge in [-0.3, -0.25) is 29.3 Å². The molecule has 0 unspecified atom stereocenters. The molecular formula is C12H15Na7O31S7. The third-order valence-electron chi connectivity index (χ3n) is 5.33. The van der Waals surface area contributed by atoms with Gasteiger partial charge >= 0.3 is 207 Å². The van der Waals surface area contributed by atoms with Gasteiger partial charge in [0.05, 0.1) is 19.8 Å². The van der Waals surface area contributed by atoms with Gasteiger partial charge in [-0.2, -0.15) is 0 Å². The van der Waals surface area contributed by atoms with E-state index in [0.29, 0.717) is 0 Å². The molecule has 57 heavy (non-hydrogen) atoms. The summed E-state index contributed by atoms with van der Waals surface area (Å²) in [5, 5.41) is 0. The van der Waals surface area contributed by atoms with Crippen LogP contribution in [-0.4, -0.2) is 166 Å². The predicted molar refractivity (Wildman–Crippen MR) is 127 cm³/mol. The Balaban J connectivity index is -0.000000929. The van der Waals surface area contributed by atoms with Crippen LogP contribution in [0.2, 0.25) is 0 Å². The van der Waals surface area contributed by atoms with Crippen molar-refractivity contribution in [3.63, 3.8) is 0 Å². The van der Waals surface area contributed by atoms with Crippen molar-refractivity contribution in [2.45, 2.75) is 55.1 Å². The summed E-state index contributed by atoms with van der Waals surface area (Å²) in [5.74, 6) is 0. The number of ether oxygens (including phenoxy) is 3. The first kappa shape index (κ1) is 74.5. The first-order chi connectivity index (χ1) is 22.1. The minimum Gasteiger partial charge on any atom is -0.726 e. The zero-order chi connectivity index (χ0) is 38.9. The van der Waals surface area contributed by atoms with Crippen molar-refractivity contribution in [3.05, 3.63) is 0 Å². The molecule has 0 aromatic carbocycles. The van der Waals surface area contributed by atoms with Crippen LogP contribution in [0.5, 0.6) is 0 Å².